The maximum absolute atomic E-state index is 10.9. The molecule has 0 amide bonds. The van der Waals surface area contributed by atoms with Gasteiger partial charge in [-0.25, -0.2) is 0 Å². The van der Waals surface area contributed by atoms with Crippen LogP contribution in [0.4, 0.5) is 0 Å². The topological polar surface area (TPSA) is 49.3 Å². The van der Waals surface area contributed by atoms with E-state index in [1.165, 1.54) is 24.0 Å². The molecule has 0 saturated heterocycles. The van der Waals surface area contributed by atoms with Crippen LogP contribution in [0, 0.1) is 11.8 Å². The zero-order chi connectivity index (χ0) is 14.7. The Kier molecular flexibility index (Phi) is 4.59. The molecule has 0 aromatic heterocycles. The highest BCUT2D eigenvalue weighted by atomic mass is 16.4. The van der Waals surface area contributed by atoms with Gasteiger partial charge in [0.25, 0.3) is 0 Å². The Balaban J connectivity index is 1.40. The Morgan fingerprint density at radius 3 is 2.57 bits per heavy atom. The number of carboxylic acid groups (broad SMARTS) is 1. The van der Waals surface area contributed by atoms with Crippen molar-refractivity contribution >= 4 is 5.97 Å². The molecule has 0 atom stereocenters. The van der Waals surface area contributed by atoms with E-state index in [-0.39, 0.29) is 5.92 Å². The number of nitrogens with one attached hydrogen (secondary N) is 1. The van der Waals surface area contributed by atoms with Gasteiger partial charge in [-0.2, -0.15) is 0 Å². The molecular weight excluding hydrogens is 262 g/mol. The maximum Gasteiger partial charge on any atom is 0.306 e. The first kappa shape index (κ1) is 14.6. The summed E-state index contributed by atoms with van der Waals surface area (Å²) in [5.41, 5.74) is 2.87. The van der Waals surface area contributed by atoms with Crippen LogP contribution in [0.25, 0.3) is 0 Å². The van der Waals surface area contributed by atoms with Crippen LogP contribution in [0.15, 0.2) is 24.3 Å². The minimum absolute atomic E-state index is 0.100. The van der Waals surface area contributed by atoms with Gasteiger partial charge in [0, 0.05) is 6.54 Å². The van der Waals surface area contributed by atoms with E-state index < -0.39 is 5.97 Å². The van der Waals surface area contributed by atoms with Crippen LogP contribution >= 0.6 is 0 Å². The summed E-state index contributed by atoms with van der Waals surface area (Å²) in [4.78, 5) is 10.9. The fourth-order valence-corrected chi connectivity index (χ4v) is 3.41. The van der Waals surface area contributed by atoms with E-state index in [1.54, 1.807) is 0 Å². The molecule has 2 saturated carbocycles. The summed E-state index contributed by atoms with van der Waals surface area (Å²) >= 11 is 0. The predicted octanol–water partition coefficient (Wildman–Crippen LogP) is 3.54. The van der Waals surface area contributed by atoms with E-state index in [4.69, 9.17) is 5.11 Å². The molecule has 2 N–H and O–H groups in total. The van der Waals surface area contributed by atoms with Gasteiger partial charge in [0.15, 0.2) is 0 Å². The number of carbonyl (C=O) groups is 1. The third-order valence-corrected chi connectivity index (χ3v) is 4.96. The zero-order valence-electron chi connectivity index (χ0n) is 12.6. The van der Waals surface area contributed by atoms with Gasteiger partial charge in [-0.3, -0.25) is 4.79 Å². The SMILES string of the molecule is O=C(O)C1CCC(CNCc2cccc(C3CC3)c2)CC1. The first-order valence-corrected chi connectivity index (χ1v) is 8.24. The van der Waals surface area contributed by atoms with E-state index in [9.17, 15) is 4.79 Å². The molecule has 0 spiro atoms. The first-order chi connectivity index (χ1) is 10.2. The van der Waals surface area contributed by atoms with Crippen molar-refractivity contribution in [2.24, 2.45) is 11.8 Å². The highest BCUT2D eigenvalue weighted by Gasteiger charge is 2.25. The smallest absolute Gasteiger partial charge is 0.306 e. The van der Waals surface area contributed by atoms with E-state index in [0.29, 0.717) is 5.92 Å². The molecule has 3 nitrogen and oxygen atoms in total. The molecule has 114 valence electrons. The molecule has 2 aliphatic rings. The van der Waals surface area contributed by atoms with Crippen molar-refractivity contribution in [2.45, 2.75) is 51.0 Å². The lowest BCUT2D eigenvalue weighted by Gasteiger charge is -2.26. The summed E-state index contributed by atoms with van der Waals surface area (Å²) in [5, 5.41) is 12.6. The quantitative estimate of drug-likeness (QED) is 0.841. The van der Waals surface area contributed by atoms with Gasteiger partial charge in [-0.05, 0) is 68.0 Å². The van der Waals surface area contributed by atoms with Crippen molar-refractivity contribution in [1.82, 2.24) is 5.32 Å². The van der Waals surface area contributed by atoms with Crippen molar-refractivity contribution in [3.63, 3.8) is 0 Å². The van der Waals surface area contributed by atoms with E-state index >= 15 is 0 Å². The van der Waals surface area contributed by atoms with Crippen molar-refractivity contribution in [2.75, 3.05) is 6.54 Å². The minimum atomic E-state index is -0.613. The number of aliphatic carboxylic acids is 1. The van der Waals surface area contributed by atoms with Crippen molar-refractivity contribution < 1.29 is 9.90 Å². The summed E-state index contributed by atoms with van der Waals surface area (Å²) < 4.78 is 0. The number of hydrogen-bond donors (Lipinski definition) is 2. The number of rotatable bonds is 6. The molecular formula is C18H25NO2. The van der Waals surface area contributed by atoms with Gasteiger partial charge in [0.1, 0.15) is 0 Å². The molecule has 1 aromatic rings. The van der Waals surface area contributed by atoms with Crippen molar-refractivity contribution in [1.29, 1.82) is 0 Å². The summed E-state index contributed by atoms with van der Waals surface area (Å²) in [6.45, 7) is 1.94. The summed E-state index contributed by atoms with van der Waals surface area (Å²) in [7, 11) is 0. The Bertz CT molecular complexity index is 488. The second-order valence-electron chi connectivity index (χ2n) is 6.71. The number of benzene rings is 1. The Hall–Kier alpha value is -1.35. The average molecular weight is 287 g/mol. The third kappa shape index (κ3) is 4.07. The van der Waals surface area contributed by atoms with Gasteiger partial charge < -0.3 is 10.4 Å². The van der Waals surface area contributed by atoms with Crippen molar-refractivity contribution in [3.8, 4) is 0 Å². The predicted molar refractivity (Wildman–Crippen MR) is 83.2 cm³/mol. The van der Waals surface area contributed by atoms with Gasteiger partial charge >= 0.3 is 5.97 Å². The molecule has 3 rings (SSSR count). The van der Waals surface area contributed by atoms with Crippen LogP contribution < -0.4 is 5.32 Å². The highest BCUT2D eigenvalue weighted by molar-refractivity contribution is 5.69. The fraction of sp³-hybridized carbons (Fsp3) is 0.611. The molecule has 0 unspecified atom stereocenters. The van der Waals surface area contributed by atoms with Gasteiger partial charge in [0.05, 0.1) is 5.92 Å². The highest BCUT2D eigenvalue weighted by Crippen LogP contribution is 2.40. The van der Waals surface area contributed by atoms with Gasteiger partial charge in [-0.15, -0.1) is 0 Å². The average Bonchev–Trinajstić information content (AvgIpc) is 3.33. The summed E-state index contributed by atoms with van der Waals surface area (Å²) in [6, 6.07) is 8.95. The summed E-state index contributed by atoms with van der Waals surface area (Å²) in [6.07, 6.45) is 6.49. The van der Waals surface area contributed by atoms with Crippen LogP contribution in [0.2, 0.25) is 0 Å². The van der Waals surface area contributed by atoms with Gasteiger partial charge in [0.2, 0.25) is 0 Å². The second-order valence-corrected chi connectivity index (χ2v) is 6.71. The first-order valence-electron chi connectivity index (χ1n) is 8.24. The monoisotopic (exact) mass is 287 g/mol. The lowest BCUT2D eigenvalue weighted by molar-refractivity contribution is -0.143. The van der Waals surface area contributed by atoms with E-state index in [2.05, 4.69) is 29.6 Å². The lowest BCUT2D eigenvalue weighted by Crippen LogP contribution is -2.28. The molecule has 0 heterocycles. The van der Waals surface area contributed by atoms with Crippen molar-refractivity contribution in [3.05, 3.63) is 35.4 Å². The molecule has 3 heteroatoms. The van der Waals surface area contributed by atoms with Crippen LogP contribution in [0.1, 0.15) is 55.6 Å². The molecule has 2 fully saturated rings. The third-order valence-electron chi connectivity index (χ3n) is 4.96. The Morgan fingerprint density at radius 1 is 1.14 bits per heavy atom. The summed E-state index contributed by atoms with van der Waals surface area (Å²) in [5.74, 6) is 0.748. The molecule has 21 heavy (non-hydrogen) atoms. The molecule has 2 aliphatic carbocycles. The van der Waals surface area contributed by atoms with Crippen LogP contribution in [0.5, 0.6) is 0 Å². The lowest BCUT2D eigenvalue weighted by atomic mass is 9.82. The van der Waals surface area contributed by atoms with E-state index in [0.717, 1.165) is 44.7 Å². The number of hydrogen-bond acceptors (Lipinski definition) is 2. The molecule has 0 bridgehead atoms. The normalized spacial score (nSPS) is 25.7. The molecule has 0 aliphatic heterocycles. The maximum atomic E-state index is 10.9. The molecule has 1 aromatic carbocycles. The standard InChI is InChI=1S/C18H25NO2/c20-18(21)16-6-4-13(5-7-16)11-19-12-14-2-1-3-17(10-14)15-8-9-15/h1-3,10,13,15-16,19H,4-9,11-12H2,(H,20,21). The second kappa shape index (κ2) is 6.61. The zero-order valence-corrected chi connectivity index (χ0v) is 12.6. The van der Waals surface area contributed by atoms with Gasteiger partial charge in [-0.1, -0.05) is 24.3 Å². The Labute approximate surface area is 126 Å². The molecule has 0 radical (unpaired) electrons. The van der Waals surface area contributed by atoms with Crippen LogP contribution in [-0.2, 0) is 11.3 Å². The largest absolute Gasteiger partial charge is 0.481 e. The van der Waals surface area contributed by atoms with E-state index in [1.807, 2.05) is 0 Å². The van der Waals surface area contributed by atoms with Crippen LogP contribution in [-0.4, -0.2) is 17.6 Å². The number of carboxylic acids is 1. The minimum Gasteiger partial charge on any atom is -0.481 e. The Morgan fingerprint density at radius 2 is 1.90 bits per heavy atom. The fourth-order valence-electron chi connectivity index (χ4n) is 3.41. The van der Waals surface area contributed by atoms with Crippen LogP contribution in [0.3, 0.4) is 0 Å².